The van der Waals surface area contributed by atoms with Gasteiger partial charge in [0, 0.05) is 6.04 Å². The molecule has 4 unspecified atom stereocenters. The van der Waals surface area contributed by atoms with Crippen LogP contribution in [0.25, 0.3) is 0 Å². The zero-order chi connectivity index (χ0) is 13.4. The van der Waals surface area contributed by atoms with Crippen LogP contribution in [0, 0.1) is 5.92 Å². The van der Waals surface area contributed by atoms with E-state index in [2.05, 4.69) is 36.2 Å². The quantitative estimate of drug-likeness (QED) is 0.900. The van der Waals surface area contributed by atoms with Crippen LogP contribution in [0.1, 0.15) is 44.8 Å². The predicted octanol–water partition coefficient (Wildman–Crippen LogP) is 2.69. The van der Waals surface area contributed by atoms with E-state index >= 15 is 0 Å². The SMILES string of the molecule is CCCC1NC(c2ccccc2)N(C2CC2C)C1=O. The molecule has 1 aliphatic carbocycles. The van der Waals surface area contributed by atoms with Crippen molar-refractivity contribution in [2.45, 2.75) is 51.4 Å². The van der Waals surface area contributed by atoms with Crippen LogP contribution in [0.2, 0.25) is 0 Å². The fourth-order valence-electron chi connectivity index (χ4n) is 3.08. The van der Waals surface area contributed by atoms with Gasteiger partial charge in [-0.25, -0.2) is 0 Å². The van der Waals surface area contributed by atoms with Gasteiger partial charge >= 0.3 is 0 Å². The smallest absolute Gasteiger partial charge is 0.241 e. The van der Waals surface area contributed by atoms with Gasteiger partial charge in [-0.15, -0.1) is 0 Å². The Hall–Kier alpha value is -1.35. The molecule has 1 aliphatic heterocycles. The minimum absolute atomic E-state index is 0.00278. The molecular formula is C16H22N2O. The highest BCUT2D eigenvalue weighted by Crippen LogP contribution is 2.42. The summed E-state index contributed by atoms with van der Waals surface area (Å²) in [7, 11) is 0. The highest BCUT2D eigenvalue weighted by molar-refractivity contribution is 5.85. The van der Waals surface area contributed by atoms with E-state index in [-0.39, 0.29) is 12.2 Å². The van der Waals surface area contributed by atoms with Gasteiger partial charge in [-0.05, 0) is 24.3 Å². The third-order valence-electron chi connectivity index (χ3n) is 4.31. The van der Waals surface area contributed by atoms with E-state index in [1.807, 2.05) is 18.2 Å². The maximum absolute atomic E-state index is 12.6. The normalized spacial score (nSPS) is 33.8. The first kappa shape index (κ1) is 12.7. The number of amides is 1. The molecule has 1 aromatic carbocycles. The van der Waals surface area contributed by atoms with Crippen LogP contribution in [0.3, 0.4) is 0 Å². The topological polar surface area (TPSA) is 32.3 Å². The van der Waals surface area contributed by atoms with Crippen LogP contribution in [-0.4, -0.2) is 22.9 Å². The molecule has 0 bridgehead atoms. The summed E-state index contributed by atoms with van der Waals surface area (Å²) in [6.45, 7) is 4.36. The standard InChI is InChI=1S/C16H22N2O/c1-3-7-13-16(19)18(14-10-11(14)2)15(17-13)12-8-5-4-6-9-12/h4-6,8-9,11,13-15,17H,3,7,10H2,1-2H3. The van der Waals surface area contributed by atoms with Crippen molar-refractivity contribution < 1.29 is 4.79 Å². The number of hydrogen-bond acceptors (Lipinski definition) is 2. The van der Waals surface area contributed by atoms with Gasteiger partial charge in [-0.2, -0.15) is 0 Å². The average Bonchev–Trinajstić information content (AvgIpc) is 3.05. The van der Waals surface area contributed by atoms with Crippen LogP contribution in [0.5, 0.6) is 0 Å². The van der Waals surface area contributed by atoms with Crippen LogP contribution in [-0.2, 0) is 4.79 Å². The maximum atomic E-state index is 12.6. The number of carbonyl (C=O) groups excluding carboxylic acids is 1. The van der Waals surface area contributed by atoms with E-state index < -0.39 is 0 Å². The van der Waals surface area contributed by atoms with E-state index in [0.29, 0.717) is 17.9 Å². The minimum Gasteiger partial charge on any atom is -0.318 e. The number of hydrogen-bond donors (Lipinski definition) is 1. The number of benzene rings is 1. The second-order valence-electron chi connectivity index (χ2n) is 5.85. The molecule has 4 atom stereocenters. The second-order valence-corrected chi connectivity index (χ2v) is 5.85. The maximum Gasteiger partial charge on any atom is 0.241 e. The van der Waals surface area contributed by atoms with Crippen molar-refractivity contribution in [3.05, 3.63) is 35.9 Å². The Morgan fingerprint density at radius 3 is 2.58 bits per heavy atom. The summed E-state index contributed by atoms with van der Waals surface area (Å²) in [5.74, 6) is 0.947. The fourth-order valence-corrected chi connectivity index (χ4v) is 3.08. The van der Waals surface area contributed by atoms with Gasteiger partial charge in [-0.3, -0.25) is 10.1 Å². The number of nitrogens with one attached hydrogen (secondary N) is 1. The zero-order valence-electron chi connectivity index (χ0n) is 11.7. The molecule has 1 aromatic rings. The molecule has 1 N–H and O–H groups in total. The summed E-state index contributed by atoms with van der Waals surface area (Å²) >= 11 is 0. The summed E-state index contributed by atoms with van der Waals surface area (Å²) in [6, 6.07) is 10.8. The van der Waals surface area contributed by atoms with Gasteiger partial charge < -0.3 is 4.90 Å². The lowest BCUT2D eigenvalue weighted by Gasteiger charge is -2.24. The molecule has 1 saturated carbocycles. The second kappa shape index (κ2) is 4.97. The van der Waals surface area contributed by atoms with E-state index in [9.17, 15) is 4.79 Å². The molecule has 3 rings (SSSR count). The van der Waals surface area contributed by atoms with Gasteiger partial charge in [0.05, 0.1) is 6.04 Å². The van der Waals surface area contributed by atoms with E-state index in [1.54, 1.807) is 0 Å². The first-order chi connectivity index (χ1) is 9.22. The number of rotatable bonds is 4. The summed E-state index contributed by atoms with van der Waals surface area (Å²) in [5.41, 5.74) is 1.20. The molecule has 1 heterocycles. The Balaban J connectivity index is 1.86. The summed E-state index contributed by atoms with van der Waals surface area (Å²) < 4.78 is 0. The van der Waals surface area contributed by atoms with Gasteiger partial charge in [0.2, 0.25) is 5.91 Å². The van der Waals surface area contributed by atoms with Gasteiger partial charge in [0.15, 0.2) is 0 Å². The monoisotopic (exact) mass is 258 g/mol. The Bertz CT molecular complexity index is 459. The molecule has 3 heteroatoms. The van der Waals surface area contributed by atoms with Crippen molar-refractivity contribution in [2.24, 2.45) is 5.92 Å². The fraction of sp³-hybridized carbons (Fsp3) is 0.562. The molecule has 3 nitrogen and oxygen atoms in total. The van der Waals surface area contributed by atoms with E-state index in [0.717, 1.165) is 19.3 Å². The Morgan fingerprint density at radius 1 is 1.32 bits per heavy atom. The van der Waals surface area contributed by atoms with Crippen molar-refractivity contribution in [3.8, 4) is 0 Å². The molecule has 2 fully saturated rings. The van der Waals surface area contributed by atoms with Crippen LogP contribution < -0.4 is 5.32 Å². The molecule has 0 radical (unpaired) electrons. The van der Waals surface area contributed by atoms with Crippen molar-refractivity contribution in [2.75, 3.05) is 0 Å². The molecule has 19 heavy (non-hydrogen) atoms. The average molecular weight is 258 g/mol. The molecular weight excluding hydrogens is 236 g/mol. The first-order valence-corrected chi connectivity index (χ1v) is 7.35. The van der Waals surface area contributed by atoms with Crippen LogP contribution in [0.15, 0.2) is 30.3 Å². The van der Waals surface area contributed by atoms with E-state index in [1.165, 1.54) is 5.56 Å². The number of carbonyl (C=O) groups is 1. The summed E-state index contributed by atoms with van der Waals surface area (Å²) in [4.78, 5) is 14.7. The molecule has 0 spiro atoms. The van der Waals surface area contributed by atoms with Crippen molar-refractivity contribution >= 4 is 5.91 Å². The lowest BCUT2D eigenvalue weighted by molar-refractivity contribution is -0.131. The Labute approximate surface area is 115 Å². The summed E-state index contributed by atoms with van der Waals surface area (Å²) in [5, 5.41) is 3.53. The largest absolute Gasteiger partial charge is 0.318 e. The minimum atomic E-state index is 0.00278. The lowest BCUT2D eigenvalue weighted by atomic mass is 10.1. The van der Waals surface area contributed by atoms with Crippen molar-refractivity contribution in [1.82, 2.24) is 10.2 Å². The Kier molecular flexibility index (Phi) is 3.31. The van der Waals surface area contributed by atoms with Crippen molar-refractivity contribution in [3.63, 3.8) is 0 Å². The Morgan fingerprint density at radius 2 is 2.00 bits per heavy atom. The summed E-state index contributed by atoms with van der Waals surface area (Å²) in [6.07, 6.45) is 3.19. The third kappa shape index (κ3) is 2.27. The predicted molar refractivity (Wildman–Crippen MR) is 75.4 cm³/mol. The van der Waals surface area contributed by atoms with Gasteiger partial charge in [0.1, 0.15) is 6.17 Å². The lowest BCUT2D eigenvalue weighted by Crippen LogP contribution is -2.33. The van der Waals surface area contributed by atoms with Crippen molar-refractivity contribution in [1.29, 1.82) is 0 Å². The number of nitrogens with zero attached hydrogens (tertiary/aromatic N) is 1. The first-order valence-electron chi connectivity index (χ1n) is 7.35. The zero-order valence-corrected chi connectivity index (χ0v) is 11.7. The van der Waals surface area contributed by atoms with Crippen LogP contribution in [0.4, 0.5) is 0 Å². The molecule has 102 valence electrons. The third-order valence-corrected chi connectivity index (χ3v) is 4.31. The van der Waals surface area contributed by atoms with Crippen LogP contribution >= 0.6 is 0 Å². The van der Waals surface area contributed by atoms with Gasteiger partial charge in [0.25, 0.3) is 0 Å². The van der Waals surface area contributed by atoms with Gasteiger partial charge in [-0.1, -0.05) is 50.6 Å². The molecule has 1 amide bonds. The molecule has 2 aliphatic rings. The highest BCUT2D eigenvalue weighted by Gasteiger charge is 2.49. The molecule has 0 aromatic heterocycles. The molecule has 1 saturated heterocycles. The van der Waals surface area contributed by atoms with E-state index in [4.69, 9.17) is 0 Å². The highest BCUT2D eigenvalue weighted by atomic mass is 16.2.